The second kappa shape index (κ2) is 7.60. The van der Waals surface area contributed by atoms with Crippen molar-refractivity contribution in [2.45, 2.75) is 32.2 Å². The molecular formula is C21H22NO4-. The van der Waals surface area contributed by atoms with Gasteiger partial charge in [-0.1, -0.05) is 62.4 Å². The maximum absolute atomic E-state index is 12.1. The SMILES string of the molecule is CC(C)CC(NC(=O)OCC1c2ccccc2-c2ccccc21)C(=O)[O-]. The number of carboxylic acid groups (broad SMARTS) is 1. The fourth-order valence-electron chi connectivity index (χ4n) is 3.47. The van der Waals surface area contributed by atoms with E-state index in [0.717, 1.165) is 22.3 Å². The highest BCUT2D eigenvalue weighted by molar-refractivity contribution is 5.80. The summed E-state index contributed by atoms with van der Waals surface area (Å²) < 4.78 is 5.36. The molecule has 1 aliphatic carbocycles. The van der Waals surface area contributed by atoms with Gasteiger partial charge in [-0.05, 0) is 34.6 Å². The van der Waals surface area contributed by atoms with Crippen molar-refractivity contribution in [3.8, 4) is 11.1 Å². The smallest absolute Gasteiger partial charge is 0.407 e. The number of rotatable bonds is 6. The zero-order valence-corrected chi connectivity index (χ0v) is 14.9. The monoisotopic (exact) mass is 352 g/mol. The van der Waals surface area contributed by atoms with Crippen molar-refractivity contribution in [1.82, 2.24) is 5.32 Å². The molecule has 0 radical (unpaired) electrons. The Hall–Kier alpha value is -2.82. The first-order valence-electron chi connectivity index (χ1n) is 8.79. The van der Waals surface area contributed by atoms with Crippen molar-refractivity contribution < 1.29 is 19.4 Å². The Kier molecular flexibility index (Phi) is 5.26. The van der Waals surface area contributed by atoms with Crippen molar-refractivity contribution >= 4 is 12.1 Å². The lowest BCUT2D eigenvalue weighted by Gasteiger charge is -2.22. The number of nitrogens with one attached hydrogen (secondary N) is 1. The molecule has 3 rings (SSSR count). The maximum Gasteiger partial charge on any atom is 0.407 e. The number of amides is 1. The molecule has 0 saturated carbocycles. The summed E-state index contributed by atoms with van der Waals surface area (Å²) in [5.74, 6) is -1.24. The van der Waals surface area contributed by atoms with E-state index in [1.807, 2.05) is 50.2 Å². The van der Waals surface area contributed by atoms with Gasteiger partial charge in [0, 0.05) is 5.92 Å². The summed E-state index contributed by atoms with van der Waals surface area (Å²) in [7, 11) is 0. The van der Waals surface area contributed by atoms with Crippen molar-refractivity contribution in [3.05, 3.63) is 59.7 Å². The number of benzene rings is 2. The molecule has 0 aromatic heterocycles. The van der Waals surface area contributed by atoms with Gasteiger partial charge in [0.05, 0.1) is 12.0 Å². The molecule has 1 N–H and O–H groups in total. The van der Waals surface area contributed by atoms with Crippen LogP contribution in [-0.2, 0) is 9.53 Å². The molecule has 0 fully saturated rings. The molecule has 0 aliphatic heterocycles. The maximum atomic E-state index is 12.1. The van der Waals surface area contributed by atoms with E-state index in [9.17, 15) is 14.7 Å². The lowest BCUT2D eigenvalue weighted by Crippen LogP contribution is -2.48. The highest BCUT2D eigenvalue weighted by atomic mass is 16.5. The number of aliphatic carboxylic acids is 1. The molecule has 1 amide bonds. The number of ether oxygens (including phenoxy) is 1. The van der Waals surface area contributed by atoms with Gasteiger partial charge in [-0.25, -0.2) is 4.79 Å². The van der Waals surface area contributed by atoms with E-state index in [1.165, 1.54) is 0 Å². The minimum atomic E-state index is -1.30. The molecule has 2 aromatic rings. The Balaban J connectivity index is 1.70. The van der Waals surface area contributed by atoms with Crippen molar-refractivity contribution in [2.24, 2.45) is 5.92 Å². The van der Waals surface area contributed by atoms with Gasteiger partial charge in [0.1, 0.15) is 6.61 Å². The van der Waals surface area contributed by atoms with Crippen LogP contribution < -0.4 is 10.4 Å². The lowest BCUT2D eigenvalue weighted by atomic mass is 9.98. The van der Waals surface area contributed by atoms with Crippen LogP contribution in [0.2, 0.25) is 0 Å². The number of alkyl carbamates (subject to hydrolysis) is 1. The largest absolute Gasteiger partial charge is 0.548 e. The predicted molar refractivity (Wildman–Crippen MR) is 96.5 cm³/mol. The topological polar surface area (TPSA) is 78.5 Å². The van der Waals surface area contributed by atoms with E-state index >= 15 is 0 Å². The third-order valence-corrected chi connectivity index (χ3v) is 4.63. The summed E-state index contributed by atoms with van der Waals surface area (Å²) >= 11 is 0. The Morgan fingerprint density at radius 2 is 1.58 bits per heavy atom. The molecule has 5 heteroatoms. The standard InChI is InChI=1S/C21H23NO4/c1-13(2)11-19(20(23)24)22-21(25)26-12-18-16-9-5-3-7-14(16)15-8-4-6-10-17(15)18/h3-10,13,18-19H,11-12H2,1-2H3,(H,22,25)(H,23,24)/p-1. The molecule has 1 atom stereocenters. The van der Waals surface area contributed by atoms with Crippen LogP contribution in [-0.4, -0.2) is 24.7 Å². The molecule has 0 spiro atoms. The Morgan fingerprint density at radius 1 is 1.04 bits per heavy atom. The van der Waals surface area contributed by atoms with Crippen LogP contribution in [0.5, 0.6) is 0 Å². The van der Waals surface area contributed by atoms with E-state index in [-0.39, 0.29) is 18.4 Å². The first kappa shape index (κ1) is 18.0. The molecule has 136 valence electrons. The van der Waals surface area contributed by atoms with Gasteiger partial charge < -0.3 is 20.0 Å². The van der Waals surface area contributed by atoms with E-state index in [2.05, 4.69) is 17.4 Å². The fourth-order valence-corrected chi connectivity index (χ4v) is 3.47. The Bertz CT molecular complexity index is 770. The molecule has 2 aromatic carbocycles. The highest BCUT2D eigenvalue weighted by Crippen LogP contribution is 2.44. The summed E-state index contributed by atoms with van der Waals surface area (Å²) in [5.41, 5.74) is 4.51. The number of carbonyl (C=O) groups excluding carboxylic acids is 2. The minimum absolute atomic E-state index is 0.0559. The van der Waals surface area contributed by atoms with Crippen LogP contribution in [0.15, 0.2) is 48.5 Å². The summed E-state index contributed by atoms with van der Waals surface area (Å²) in [4.78, 5) is 23.3. The average Bonchev–Trinajstić information content (AvgIpc) is 2.93. The van der Waals surface area contributed by atoms with Gasteiger partial charge in [0.2, 0.25) is 0 Å². The van der Waals surface area contributed by atoms with Gasteiger partial charge in [-0.15, -0.1) is 0 Å². The van der Waals surface area contributed by atoms with E-state index < -0.39 is 18.1 Å². The van der Waals surface area contributed by atoms with Crippen LogP contribution in [0.4, 0.5) is 4.79 Å². The number of fused-ring (bicyclic) bond motifs is 3. The van der Waals surface area contributed by atoms with Crippen LogP contribution in [0.3, 0.4) is 0 Å². The van der Waals surface area contributed by atoms with Gasteiger partial charge in [-0.2, -0.15) is 0 Å². The van der Waals surface area contributed by atoms with Crippen LogP contribution in [0.25, 0.3) is 11.1 Å². The van der Waals surface area contributed by atoms with Gasteiger partial charge in [-0.3, -0.25) is 0 Å². The molecule has 26 heavy (non-hydrogen) atoms. The lowest BCUT2D eigenvalue weighted by molar-refractivity contribution is -0.308. The van der Waals surface area contributed by atoms with Crippen LogP contribution >= 0.6 is 0 Å². The third-order valence-electron chi connectivity index (χ3n) is 4.63. The zero-order valence-electron chi connectivity index (χ0n) is 14.9. The van der Waals surface area contributed by atoms with Gasteiger partial charge in [0.25, 0.3) is 0 Å². The first-order valence-corrected chi connectivity index (χ1v) is 8.79. The quantitative estimate of drug-likeness (QED) is 0.867. The van der Waals surface area contributed by atoms with Crippen molar-refractivity contribution in [2.75, 3.05) is 6.61 Å². The molecule has 5 nitrogen and oxygen atoms in total. The summed E-state index contributed by atoms with van der Waals surface area (Å²) in [6.07, 6.45) is -0.436. The Labute approximate surface area is 153 Å². The van der Waals surface area contributed by atoms with Crippen LogP contribution in [0, 0.1) is 5.92 Å². The summed E-state index contributed by atoms with van der Waals surface area (Å²) in [6.45, 7) is 3.92. The minimum Gasteiger partial charge on any atom is -0.548 e. The average molecular weight is 352 g/mol. The van der Waals surface area contributed by atoms with E-state index in [1.54, 1.807) is 0 Å². The second-order valence-electron chi connectivity index (χ2n) is 6.97. The molecule has 0 bridgehead atoms. The second-order valence-corrected chi connectivity index (χ2v) is 6.97. The predicted octanol–water partition coefficient (Wildman–Crippen LogP) is 2.69. The summed E-state index contributed by atoms with van der Waals surface area (Å²) in [5, 5.41) is 13.6. The van der Waals surface area contributed by atoms with Gasteiger partial charge >= 0.3 is 6.09 Å². The number of hydrogen-bond acceptors (Lipinski definition) is 4. The molecule has 1 unspecified atom stereocenters. The zero-order chi connectivity index (χ0) is 18.7. The molecule has 0 heterocycles. The Morgan fingerprint density at radius 3 is 2.08 bits per heavy atom. The number of hydrogen-bond donors (Lipinski definition) is 1. The number of carboxylic acids is 1. The van der Waals surface area contributed by atoms with E-state index in [4.69, 9.17) is 4.74 Å². The first-order chi connectivity index (χ1) is 12.5. The summed E-state index contributed by atoms with van der Waals surface area (Å²) in [6, 6.07) is 15.0. The van der Waals surface area contributed by atoms with Crippen molar-refractivity contribution in [1.29, 1.82) is 0 Å². The number of carbonyl (C=O) groups is 2. The highest BCUT2D eigenvalue weighted by Gasteiger charge is 2.29. The van der Waals surface area contributed by atoms with Crippen molar-refractivity contribution in [3.63, 3.8) is 0 Å². The van der Waals surface area contributed by atoms with Crippen LogP contribution in [0.1, 0.15) is 37.3 Å². The fraction of sp³-hybridized carbons (Fsp3) is 0.333. The normalized spacial score (nSPS) is 13.8. The van der Waals surface area contributed by atoms with E-state index in [0.29, 0.717) is 6.42 Å². The molecule has 0 saturated heterocycles. The van der Waals surface area contributed by atoms with Gasteiger partial charge in [0.15, 0.2) is 0 Å². The molecule has 1 aliphatic rings. The third kappa shape index (κ3) is 3.72. The molecular weight excluding hydrogens is 330 g/mol.